The molecule has 1 saturated heterocycles. The van der Waals surface area contributed by atoms with Gasteiger partial charge in [0, 0.05) is 23.3 Å². The van der Waals surface area contributed by atoms with Crippen LogP contribution in [-0.4, -0.2) is 34.0 Å². The number of aliphatic hydroxyl groups excluding tert-OH is 1. The molecule has 0 amide bonds. The van der Waals surface area contributed by atoms with Crippen molar-refractivity contribution in [1.29, 1.82) is 0 Å². The van der Waals surface area contributed by atoms with Crippen molar-refractivity contribution < 1.29 is 9.84 Å². The molecular weight excluding hydrogens is 336 g/mol. The van der Waals surface area contributed by atoms with Crippen molar-refractivity contribution in [2.75, 3.05) is 13.2 Å². The topological polar surface area (TPSA) is 47.3 Å². The van der Waals surface area contributed by atoms with Gasteiger partial charge in [0.05, 0.1) is 30.4 Å². The number of aromatic nitrogens is 2. The summed E-state index contributed by atoms with van der Waals surface area (Å²) in [5, 5.41) is 8.87. The molecule has 27 heavy (non-hydrogen) atoms. The summed E-state index contributed by atoms with van der Waals surface area (Å²) in [5.41, 5.74) is 5.15. The largest absolute Gasteiger partial charge is 0.384 e. The molecule has 0 aliphatic carbocycles. The zero-order chi connectivity index (χ0) is 18.5. The summed E-state index contributed by atoms with van der Waals surface area (Å²) in [4.78, 5) is 4.72. The van der Waals surface area contributed by atoms with Crippen molar-refractivity contribution in [2.45, 2.75) is 25.5 Å². The van der Waals surface area contributed by atoms with Gasteiger partial charge < -0.3 is 14.4 Å². The van der Waals surface area contributed by atoms with Gasteiger partial charge in [0.2, 0.25) is 0 Å². The van der Waals surface area contributed by atoms with Crippen molar-refractivity contribution in [1.82, 2.24) is 9.55 Å². The van der Waals surface area contributed by atoms with Crippen molar-refractivity contribution in [3.63, 3.8) is 0 Å². The quantitative estimate of drug-likeness (QED) is 0.723. The molecule has 1 atom stereocenters. The van der Waals surface area contributed by atoms with E-state index in [1.54, 1.807) is 0 Å². The molecule has 4 nitrogen and oxygen atoms in total. The van der Waals surface area contributed by atoms with E-state index < -0.39 is 0 Å². The lowest BCUT2D eigenvalue weighted by atomic mass is 10.0. The standard InChI is InChI=1S/C23H22N2O2/c26-14-4-6-18-10-12-20(13-11-18)23-22(19-7-2-1-3-8-19)24-17-25(23)16-21-9-5-15-27-21/h1-3,7-8,10-13,17,21,26H,5,9,14-16H2. The van der Waals surface area contributed by atoms with E-state index in [-0.39, 0.29) is 12.7 Å². The minimum atomic E-state index is -0.131. The Bertz CT molecular complexity index is 944. The maximum atomic E-state index is 8.87. The first-order chi connectivity index (χ1) is 13.3. The molecule has 0 radical (unpaired) electrons. The van der Waals surface area contributed by atoms with Gasteiger partial charge in [0.1, 0.15) is 6.61 Å². The van der Waals surface area contributed by atoms with Gasteiger partial charge in [-0.1, -0.05) is 54.3 Å². The Hall–Kier alpha value is -2.87. The number of hydrogen-bond acceptors (Lipinski definition) is 3. The molecule has 0 spiro atoms. The van der Waals surface area contributed by atoms with Crippen LogP contribution in [0.2, 0.25) is 0 Å². The van der Waals surface area contributed by atoms with Gasteiger partial charge in [-0.15, -0.1) is 0 Å². The van der Waals surface area contributed by atoms with Crippen LogP contribution in [0.1, 0.15) is 18.4 Å². The number of aliphatic hydroxyl groups is 1. The van der Waals surface area contributed by atoms with Crippen LogP contribution in [0.25, 0.3) is 22.5 Å². The highest BCUT2D eigenvalue weighted by Crippen LogP contribution is 2.32. The molecule has 4 rings (SSSR count). The maximum absolute atomic E-state index is 8.87. The molecule has 1 aliphatic heterocycles. The van der Waals surface area contributed by atoms with E-state index >= 15 is 0 Å². The summed E-state index contributed by atoms with van der Waals surface area (Å²) in [6.07, 6.45) is 4.38. The summed E-state index contributed by atoms with van der Waals surface area (Å²) in [6.45, 7) is 1.52. The highest BCUT2D eigenvalue weighted by molar-refractivity contribution is 5.78. The molecule has 2 heterocycles. The molecule has 0 bridgehead atoms. The second kappa shape index (κ2) is 8.22. The third kappa shape index (κ3) is 3.95. The van der Waals surface area contributed by atoms with Gasteiger partial charge >= 0.3 is 0 Å². The normalized spacial score (nSPS) is 16.1. The molecule has 1 fully saturated rings. The average Bonchev–Trinajstić information content (AvgIpc) is 3.38. The Morgan fingerprint density at radius 2 is 1.89 bits per heavy atom. The molecule has 0 saturated carbocycles. The number of imidazole rings is 1. The van der Waals surface area contributed by atoms with Crippen LogP contribution in [-0.2, 0) is 11.3 Å². The Morgan fingerprint density at radius 3 is 2.59 bits per heavy atom. The van der Waals surface area contributed by atoms with Crippen LogP contribution in [0.3, 0.4) is 0 Å². The average molecular weight is 358 g/mol. The first-order valence-corrected chi connectivity index (χ1v) is 9.27. The Labute approximate surface area is 159 Å². The van der Waals surface area contributed by atoms with E-state index in [4.69, 9.17) is 14.8 Å². The lowest BCUT2D eigenvalue weighted by Crippen LogP contribution is -2.15. The third-order valence-electron chi connectivity index (χ3n) is 4.78. The summed E-state index contributed by atoms with van der Waals surface area (Å²) in [6, 6.07) is 18.4. The maximum Gasteiger partial charge on any atom is 0.104 e. The molecule has 2 aromatic carbocycles. The SMILES string of the molecule is OCC#Cc1ccc(-c2c(-c3ccccc3)ncn2CC2CCCO2)cc1. The zero-order valence-corrected chi connectivity index (χ0v) is 15.1. The monoisotopic (exact) mass is 358 g/mol. The van der Waals surface area contributed by atoms with E-state index in [0.29, 0.717) is 0 Å². The van der Waals surface area contributed by atoms with Gasteiger partial charge in [0.25, 0.3) is 0 Å². The van der Waals surface area contributed by atoms with Gasteiger partial charge in [-0.3, -0.25) is 0 Å². The fourth-order valence-corrected chi connectivity index (χ4v) is 3.49. The molecular formula is C23H22N2O2. The molecule has 1 N–H and O–H groups in total. The summed E-state index contributed by atoms with van der Waals surface area (Å²) >= 11 is 0. The lowest BCUT2D eigenvalue weighted by molar-refractivity contribution is 0.0973. The van der Waals surface area contributed by atoms with Crippen LogP contribution in [0.5, 0.6) is 0 Å². The fourth-order valence-electron chi connectivity index (χ4n) is 3.49. The highest BCUT2D eigenvalue weighted by atomic mass is 16.5. The number of ether oxygens (including phenoxy) is 1. The first kappa shape index (κ1) is 17.5. The molecule has 1 unspecified atom stereocenters. The molecule has 136 valence electrons. The van der Waals surface area contributed by atoms with Gasteiger partial charge in [-0.05, 0) is 25.0 Å². The van der Waals surface area contributed by atoms with Crippen molar-refractivity contribution in [2.24, 2.45) is 0 Å². The van der Waals surface area contributed by atoms with E-state index in [0.717, 1.165) is 54.1 Å². The van der Waals surface area contributed by atoms with Crippen LogP contribution in [0, 0.1) is 11.8 Å². The number of nitrogens with zero attached hydrogens (tertiary/aromatic N) is 2. The van der Waals surface area contributed by atoms with Crippen LogP contribution < -0.4 is 0 Å². The summed E-state index contributed by atoms with van der Waals surface area (Å²) in [5.74, 6) is 5.63. The summed E-state index contributed by atoms with van der Waals surface area (Å²) in [7, 11) is 0. The molecule has 1 aliphatic rings. The van der Waals surface area contributed by atoms with E-state index in [1.165, 1.54) is 0 Å². The molecule has 4 heteroatoms. The predicted molar refractivity (Wildman–Crippen MR) is 106 cm³/mol. The third-order valence-corrected chi connectivity index (χ3v) is 4.78. The first-order valence-electron chi connectivity index (χ1n) is 9.27. The second-order valence-electron chi connectivity index (χ2n) is 6.63. The smallest absolute Gasteiger partial charge is 0.104 e. The van der Waals surface area contributed by atoms with Gasteiger partial charge in [-0.2, -0.15) is 0 Å². The fraction of sp³-hybridized carbons (Fsp3) is 0.261. The van der Waals surface area contributed by atoms with Gasteiger partial charge in [-0.25, -0.2) is 4.98 Å². The van der Waals surface area contributed by atoms with Crippen LogP contribution in [0.15, 0.2) is 60.9 Å². The lowest BCUT2D eigenvalue weighted by Gasteiger charge is -2.14. The Kier molecular flexibility index (Phi) is 5.34. The Balaban J connectivity index is 1.74. The van der Waals surface area contributed by atoms with E-state index in [2.05, 4.69) is 40.7 Å². The predicted octanol–water partition coefficient (Wildman–Crippen LogP) is 3.74. The zero-order valence-electron chi connectivity index (χ0n) is 15.1. The van der Waals surface area contributed by atoms with E-state index in [9.17, 15) is 0 Å². The van der Waals surface area contributed by atoms with Crippen molar-refractivity contribution in [3.8, 4) is 34.4 Å². The number of benzene rings is 2. The van der Waals surface area contributed by atoms with Crippen LogP contribution in [0.4, 0.5) is 0 Å². The Morgan fingerprint density at radius 1 is 1.07 bits per heavy atom. The van der Waals surface area contributed by atoms with Crippen LogP contribution >= 0.6 is 0 Å². The number of hydrogen-bond donors (Lipinski definition) is 1. The minimum Gasteiger partial charge on any atom is -0.384 e. The molecule has 3 aromatic rings. The van der Waals surface area contributed by atoms with Crippen molar-refractivity contribution in [3.05, 3.63) is 66.5 Å². The highest BCUT2D eigenvalue weighted by Gasteiger charge is 2.20. The van der Waals surface area contributed by atoms with Crippen molar-refractivity contribution >= 4 is 0 Å². The minimum absolute atomic E-state index is 0.131. The molecule has 1 aromatic heterocycles. The van der Waals surface area contributed by atoms with Gasteiger partial charge in [0.15, 0.2) is 0 Å². The summed E-state index contributed by atoms with van der Waals surface area (Å²) < 4.78 is 8.04. The van der Waals surface area contributed by atoms with E-state index in [1.807, 2.05) is 36.7 Å². The second-order valence-corrected chi connectivity index (χ2v) is 6.63. The number of rotatable bonds is 4.